The number of hydrogen-bond donors (Lipinski definition) is 2. The minimum Gasteiger partial charge on any atom is -0.481 e. The highest BCUT2D eigenvalue weighted by molar-refractivity contribution is 5.85. The Morgan fingerprint density at radius 2 is 2.19 bits per heavy atom. The van der Waals surface area contributed by atoms with Gasteiger partial charge < -0.3 is 15.6 Å². The highest BCUT2D eigenvalue weighted by Gasteiger charge is 2.37. The maximum Gasteiger partial charge on any atom is 0.289 e. The zero-order valence-corrected chi connectivity index (χ0v) is 9.38. The van der Waals surface area contributed by atoms with Crippen molar-refractivity contribution in [3.05, 3.63) is 23.9 Å². The standard InChI is InChI=1S/C9H12F2N2O2.ClH/c1-15-7-3-2-6(4-13-7)8(12)9(10,11)5-14;/h2-4,8,14H,5,12H2,1H3;1H/t8-;/m0./s1. The van der Waals surface area contributed by atoms with Crippen LogP contribution in [0.4, 0.5) is 8.78 Å². The molecule has 0 unspecified atom stereocenters. The van der Waals surface area contributed by atoms with Gasteiger partial charge in [-0.3, -0.25) is 0 Å². The number of alkyl halides is 2. The molecule has 0 fully saturated rings. The summed E-state index contributed by atoms with van der Waals surface area (Å²) in [6.45, 7) is -1.29. The third-order valence-corrected chi connectivity index (χ3v) is 1.99. The Morgan fingerprint density at radius 1 is 1.56 bits per heavy atom. The van der Waals surface area contributed by atoms with Gasteiger partial charge in [-0.15, -0.1) is 12.4 Å². The quantitative estimate of drug-likeness (QED) is 0.846. The number of aliphatic hydroxyl groups excluding tert-OH is 1. The topological polar surface area (TPSA) is 68.4 Å². The van der Waals surface area contributed by atoms with E-state index in [9.17, 15) is 8.78 Å². The van der Waals surface area contributed by atoms with E-state index in [0.29, 0.717) is 5.88 Å². The number of rotatable bonds is 4. The van der Waals surface area contributed by atoms with Gasteiger partial charge in [0.2, 0.25) is 5.88 Å². The largest absolute Gasteiger partial charge is 0.481 e. The van der Waals surface area contributed by atoms with Gasteiger partial charge in [-0.05, 0) is 5.56 Å². The molecule has 1 aromatic rings. The van der Waals surface area contributed by atoms with Gasteiger partial charge in [-0.2, -0.15) is 0 Å². The SMILES string of the molecule is COc1ccc([C@H](N)C(F)(F)CO)cn1.Cl. The first-order valence-corrected chi connectivity index (χ1v) is 4.25. The van der Waals surface area contributed by atoms with Crippen LogP contribution in [0.2, 0.25) is 0 Å². The van der Waals surface area contributed by atoms with Gasteiger partial charge in [0, 0.05) is 12.3 Å². The number of halogens is 3. The maximum atomic E-state index is 13.0. The summed E-state index contributed by atoms with van der Waals surface area (Å²) >= 11 is 0. The van der Waals surface area contributed by atoms with Crippen LogP contribution < -0.4 is 10.5 Å². The first-order valence-electron chi connectivity index (χ1n) is 4.25. The van der Waals surface area contributed by atoms with Crippen LogP contribution in [0.1, 0.15) is 11.6 Å². The fourth-order valence-corrected chi connectivity index (χ4v) is 1.04. The lowest BCUT2D eigenvalue weighted by Gasteiger charge is -2.21. The van der Waals surface area contributed by atoms with Crippen molar-refractivity contribution in [3.63, 3.8) is 0 Å². The Hall–Kier alpha value is -0.980. The molecule has 92 valence electrons. The monoisotopic (exact) mass is 254 g/mol. The maximum absolute atomic E-state index is 13.0. The number of methoxy groups -OCH3 is 1. The van der Waals surface area contributed by atoms with Gasteiger partial charge in [0.1, 0.15) is 6.61 Å². The fourth-order valence-electron chi connectivity index (χ4n) is 1.04. The molecule has 16 heavy (non-hydrogen) atoms. The third-order valence-electron chi connectivity index (χ3n) is 1.99. The van der Waals surface area contributed by atoms with Crippen molar-refractivity contribution in [1.82, 2.24) is 4.98 Å². The smallest absolute Gasteiger partial charge is 0.289 e. The number of aromatic nitrogens is 1. The van der Waals surface area contributed by atoms with Crippen molar-refractivity contribution in [3.8, 4) is 5.88 Å². The van der Waals surface area contributed by atoms with E-state index in [1.807, 2.05) is 0 Å². The van der Waals surface area contributed by atoms with Crippen LogP contribution in [0, 0.1) is 0 Å². The minimum absolute atomic E-state index is 0. The van der Waals surface area contributed by atoms with Crippen molar-refractivity contribution in [2.24, 2.45) is 5.73 Å². The molecule has 7 heteroatoms. The second-order valence-corrected chi connectivity index (χ2v) is 3.03. The van der Waals surface area contributed by atoms with Gasteiger partial charge in [0.05, 0.1) is 13.2 Å². The Kier molecular flexibility index (Phi) is 5.57. The average molecular weight is 255 g/mol. The minimum atomic E-state index is -3.35. The highest BCUT2D eigenvalue weighted by Crippen LogP contribution is 2.28. The van der Waals surface area contributed by atoms with Gasteiger partial charge in [-0.25, -0.2) is 13.8 Å². The average Bonchev–Trinajstić information content (AvgIpc) is 2.28. The van der Waals surface area contributed by atoms with E-state index < -0.39 is 18.6 Å². The summed E-state index contributed by atoms with van der Waals surface area (Å²) in [7, 11) is 1.42. The molecule has 0 aliphatic rings. The lowest BCUT2D eigenvalue weighted by Crippen LogP contribution is -2.36. The molecule has 3 N–H and O–H groups in total. The van der Waals surface area contributed by atoms with Crippen LogP contribution in [0.3, 0.4) is 0 Å². The van der Waals surface area contributed by atoms with E-state index in [1.165, 1.54) is 25.4 Å². The molecular formula is C9H13ClF2N2O2. The van der Waals surface area contributed by atoms with Crippen LogP contribution in [-0.2, 0) is 0 Å². The molecule has 0 aliphatic carbocycles. The third kappa shape index (κ3) is 3.26. The second kappa shape index (κ2) is 5.93. The zero-order chi connectivity index (χ0) is 11.5. The molecule has 0 aliphatic heterocycles. The van der Waals surface area contributed by atoms with Crippen LogP contribution in [0.5, 0.6) is 5.88 Å². The lowest BCUT2D eigenvalue weighted by atomic mass is 10.0. The van der Waals surface area contributed by atoms with Crippen molar-refractivity contribution in [2.75, 3.05) is 13.7 Å². The Labute approximate surface area is 97.8 Å². The van der Waals surface area contributed by atoms with Crippen molar-refractivity contribution >= 4 is 12.4 Å². The van der Waals surface area contributed by atoms with E-state index in [1.54, 1.807) is 0 Å². The summed E-state index contributed by atoms with van der Waals surface area (Å²) in [4.78, 5) is 3.75. The molecule has 1 rings (SSSR count). The number of pyridine rings is 1. The van der Waals surface area contributed by atoms with E-state index in [-0.39, 0.29) is 18.0 Å². The summed E-state index contributed by atoms with van der Waals surface area (Å²) in [5, 5.41) is 8.45. The van der Waals surface area contributed by atoms with Gasteiger partial charge >= 0.3 is 0 Å². The molecule has 0 saturated carbocycles. The molecule has 0 amide bonds. The second-order valence-electron chi connectivity index (χ2n) is 3.03. The lowest BCUT2D eigenvalue weighted by molar-refractivity contribution is -0.0712. The molecule has 1 heterocycles. The summed E-state index contributed by atoms with van der Waals surface area (Å²) in [6, 6.07) is 1.25. The van der Waals surface area contributed by atoms with Crippen LogP contribution >= 0.6 is 12.4 Å². The van der Waals surface area contributed by atoms with Crippen LogP contribution in [0.15, 0.2) is 18.3 Å². The van der Waals surface area contributed by atoms with E-state index >= 15 is 0 Å². The van der Waals surface area contributed by atoms with Crippen LogP contribution in [-0.4, -0.2) is 29.7 Å². The Morgan fingerprint density at radius 3 is 2.56 bits per heavy atom. The van der Waals surface area contributed by atoms with Gasteiger partial charge in [-0.1, -0.05) is 6.07 Å². The van der Waals surface area contributed by atoms with E-state index in [4.69, 9.17) is 15.6 Å². The molecule has 0 spiro atoms. The number of nitrogens with zero attached hydrogens (tertiary/aromatic N) is 1. The number of aliphatic hydroxyl groups is 1. The summed E-state index contributed by atoms with van der Waals surface area (Å²) in [5.74, 6) is -3.03. The first kappa shape index (κ1) is 15.0. The van der Waals surface area contributed by atoms with Crippen molar-refractivity contribution in [2.45, 2.75) is 12.0 Å². The van der Waals surface area contributed by atoms with Crippen molar-refractivity contribution < 1.29 is 18.6 Å². The number of hydrogen-bond acceptors (Lipinski definition) is 4. The predicted octanol–water partition coefficient (Wildman–Crippen LogP) is 1.14. The molecule has 1 aromatic heterocycles. The number of nitrogens with two attached hydrogens (primary N) is 1. The molecule has 0 bridgehead atoms. The Balaban J connectivity index is 0.00000225. The Bertz CT molecular complexity index is 322. The van der Waals surface area contributed by atoms with Gasteiger partial charge in [0.25, 0.3) is 5.92 Å². The van der Waals surface area contributed by atoms with E-state index in [2.05, 4.69) is 4.98 Å². The molecule has 1 atom stereocenters. The summed E-state index contributed by atoms with van der Waals surface area (Å²) in [6.07, 6.45) is 1.20. The predicted molar refractivity (Wildman–Crippen MR) is 57.0 cm³/mol. The fraction of sp³-hybridized carbons (Fsp3) is 0.444. The van der Waals surface area contributed by atoms with Gasteiger partial charge in [0.15, 0.2) is 0 Å². The normalized spacial score (nSPS) is 12.8. The summed E-state index contributed by atoms with van der Waals surface area (Å²) < 4.78 is 30.7. The molecule has 0 aromatic carbocycles. The van der Waals surface area contributed by atoms with E-state index in [0.717, 1.165) is 0 Å². The summed E-state index contributed by atoms with van der Waals surface area (Å²) in [5.41, 5.74) is 5.43. The molecule has 4 nitrogen and oxygen atoms in total. The zero-order valence-electron chi connectivity index (χ0n) is 8.56. The number of ether oxygens (including phenoxy) is 1. The molecular weight excluding hydrogens is 242 g/mol. The van der Waals surface area contributed by atoms with Crippen LogP contribution in [0.25, 0.3) is 0 Å². The van der Waals surface area contributed by atoms with Crippen molar-refractivity contribution in [1.29, 1.82) is 0 Å². The first-order chi connectivity index (χ1) is 7.01. The molecule has 0 saturated heterocycles. The molecule has 0 radical (unpaired) electrons. The highest BCUT2D eigenvalue weighted by atomic mass is 35.5.